The monoisotopic (exact) mass is 220 g/mol. The molecular formula is C13H20N2O. The summed E-state index contributed by atoms with van der Waals surface area (Å²) in [6.45, 7) is 3.35. The number of hydrogen-bond acceptors (Lipinski definition) is 3. The summed E-state index contributed by atoms with van der Waals surface area (Å²) >= 11 is 0. The molecule has 1 heterocycles. The molecule has 1 saturated heterocycles. The summed E-state index contributed by atoms with van der Waals surface area (Å²) in [6.07, 6.45) is 2.51. The zero-order valence-electron chi connectivity index (χ0n) is 9.82. The Labute approximate surface area is 97.1 Å². The van der Waals surface area contributed by atoms with Crippen LogP contribution >= 0.6 is 0 Å². The fourth-order valence-electron chi connectivity index (χ4n) is 2.29. The number of nitrogens with zero attached hydrogens (tertiary/aromatic N) is 1. The second-order valence-corrected chi connectivity index (χ2v) is 4.59. The third-order valence-corrected chi connectivity index (χ3v) is 3.26. The lowest BCUT2D eigenvalue weighted by Crippen LogP contribution is -2.34. The number of aromatic hydroxyl groups is 1. The van der Waals surface area contributed by atoms with Gasteiger partial charge in [0, 0.05) is 25.3 Å². The summed E-state index contributed by atoms with van der Waals surface area (Å²) in [5, 5.41) is 12.8. The smallest absolute Gasteiger partial charge is 0.117 e. The summed E-state index contributed by atoms with van der Waals surface area (Å²) in [7, 11) is 2.09. The van der Waals surface area contributed by atoms with Gasteiger partial charge in [0.15, 0.2) is 0 Å². The lowest BCUT2D eigenvalue weighted by Gasteiger charge is -2.28. The van der Waals surface area contributed by atoms with Gasteiger partial charge in [-0.1, -0.05) is 6.07 Å². The summed E-state index contributed by atoms with van der Waals surface area (Å²) in [6, 6.07) is 7.47. The SMILES string of the molecule is CN(CC1CCNCC1)c1cccc(O)c1. The topological polar surface area (TPSA) is 35.5 Å². The van der Waals surface area contributed by atoms with E-state index in [2.05, 4.69) is 17.3 Å². The van der Waals surface area contributed by atoms with Crippen molar-refractivity contribution in [2.45, 2.75) is 12.8 Å². The molecule has 1 aromatic carbocycles. The third-order valence-electron chi connectivity index (χ3n) is 3.26. The minimum atomic E-state index is 0.342. The molecule has 0 aliphatic carbocycles. The first kappa shape index (κ1) is 11.3. The van der Waals surface area contributed by atoms with Gasteiger partial charge < -0.3 is 15.3 Å². The van der Waals surface area contributed by atoms with Crippen molar-refractivity contribution in [1.29, 1.82) is 0 Å². The highest BCUT2D eigenvalue weighted by Crippen LogP contribution is 2.21. The maximum atomic E-state index is 9.43. The maximum Gasteiger partial charge on any atom is 0.117 e. The number of benzene rings is 1. The highest BCUT2D eigenvalue weighted by atomic mass is 16.3. The van der Waals surface area contributed by atoms with Crippen LogP contribution in [0.3, 0.4) is 0 Å². The fourth-order valence-corrected chi connectivity index (χ4v) is 2.29. The Morgan fingerprint density at radius 3 is 2.81 bits per heavy atom. The van der Waals surface area contributed by atoms with Crippen LogP contribution in [0.5, 0.6) is 5.75 Å². The Balaban J connectivity index is 1.94. The zero-order valence-corrected chi connectivity index (χ0v) is 9.82. The quantitative estimate of drug-likeness (QED) is 0.815. The van der Waals surface area contributed by atoms with Crippen LogP contribution in [0.4, 0.5) is 5.69 Å². The molecule has 0 amide bonds. The average molecular weight is 220 g/mol. The number of anilines is 1. The molecule has 3 nitrogen and oxygen atoms in total. The molecule has 3 heteroatoms. The van der Waals surface area contributed by atoms with E-state index in [4.69, 9.17) is 0 Å². The molecule has 0 spiro atoms. The second-order valence-electron chi connectivity index (χ2n) is 4.59. The Kier molecular flexibility index (Phi) is 3.67. The molecule has 1 fully saturated rings. The van der Waals surface area contributed by atoms with Gasteiger partial charge in [0.25, 0.3) is 0 Å². The van der Waals surface area contributed by atoms with Gasteiger partial charge in [-0.05, 0) is 44.0 Å². The van der Waals surface area contributed by atoms with Crippen molar-refractivity contribution in [1.82, 2.24) is 5.32 Å². The minimum Gasteiger partial charge on any atom is -0.508 e. The number of nitrogens with one attached hydrogen (secondary N) is 1. The second kappa shape index (κ2) is 5.21. The van der Waals surface area contributed by atoms with Crippen LogP contribution in [-0.2, 0) is 0 Å². The molecule has 2 N–H and O–H groups in total. The molecule has 0 aromatic heterocycles. The first-order chi connectivity index (χ1) is 7.75. The molecule has 0 bridgehead atoms. The van der Waals surface area contributed by atoms with Crippen LogP contribution in [-0.4, -0.2) is 31.8 Å². The molecule has 2 rings (SSSR count). The Morgan fingerprint density at radius 2 is 2.12 bits per heavy atom. The lowest BCUT2D eigenvalue weighted by atomic mass is 9.97. The average Bonchev–Trinajstić information content (AvgIpc) is 2.30. The highest BCUT2D eigenvalue weighted by molar-refractivity contribution is 5.49. The van der Waals surface area contributed by atoms with E-state index in [1.807, 2.05) is 18.2 Å². The van der Waals surface area contributed by atoms with Crippen LogP contribution in [0.2, 0.25) is 0 Å². The van der Waals surface area contributed by atoms with E-state index in [1.165, 1.54) is 12.8 Å². The maximum absolute atomic E-state index is 9.43. The van der Waals surface area contributed by atoms with Gasteiger partial charge in [-0.2, -0.15) is 0 Å². The number of hydrogen-bond donors (Lipinski definition) is 2. The van der Waals surface area contributed by atoms with Crippen LogP contribution < -0.4 is 10.2 Å². The molecular weight excluding hydrogens is 200 g/mol. The lowest BCUT2D eigenvalue weighted by molar-refractivity contribution is 0.378. The molecule has 0 radical (unpaired) electrons. The number of phenols is 1. The molecule has 1 aromatic rings. The van der Waals surface area contributed by atoms with Crippen molar-refractivity contribution >= 4 is 5.69 Å². The summed E-state index contributed by atoms with van der Waals surface area (Å²) < 4.78 is 0. The van der Waals surface area contributed by atoms with Crippen molar-refractivity contribution < 1.29 is 5.11 Å². The van der Waals surface area contributed by atoms with Gasteiger partial charge >= 0.3 is 0 Å². The largest absolute Gasteiger partial charge is 0.508 e. The van der Waals surface area contributed by atoms with E-state index in [-0.39, 0.29) is 0 Å². The van der Waals surface area contributed by atoms with E-state index in [1.54, 1.807) is 6.07 Å². The first-order valence-electron chi connectivity index (χ1n) is 5.96. The standard InChI is InChI=1S/C13H20N2O/c1-15(10-11-5-7-14-8-6-11)12-3-2-4-13(16)9-12/h2-4,9,11,14,16H,5-8,10H2,1H3. The summed E-state index contributed by atoms with van der Waals surface area (Å²) in [5.41, 5.74) is 1.10. The summed E-state index contributed by atoms with van der Waals surface area (Å²) in [5.74, 6) is 1.11. The van der Waals surface area contributed by atoms with E-state index in [9.17, 15) is 5.11 Å². The number of rotatable bonds is 3. The van der Waals surface area contributed by atoms with Gasteiger partial charge in [0.1, 0.15) is 5.75 Å². The first-order valence-corrected chi connectivity index (χ1v) is 5.96. The molecule has 16 heavy (non-hydrogen) atoms. The Morgan fingerprint density at radius 1 is 1.38 bits per heavy atom. The van der Waals surface area contributed by atoms with Crippen molar-refractivity contribution in [2.24, 2.45) is 5.92 Å². The van der Waals surface area contributed by atoms with Gasteiger partial charge in [-0.3, -0.25) is 0 Å². The molecule has 1 aliphatic rings. The van der Waals surface area contributed by atoms with Crippen LogP contribution in [0.1, 0.15) is 12.8 Å². The predicted octanol–water partition coefficient (Wildman–Crippen LogP) is 1.83. The fraction of sp³-hybridized carbons (Fsp3) is 0.538. The Bertz CT molecular complexity index is 334. The summed E-state index contributed by atoms with van der Waals surface area (Å²) in [4.78, 5) is 2.23. The molecule has 0 unspecified atom stereocenters. The van der Waals surface area contributed by atoms with E-state index < -0.39 is 0 Å². The van der Waals surface area contributed by atoms with Crippen molar-refractivity contribution in [3.8, 4) is 5.75 Å². The third kappa shape index (κ3) is 2.89. The van der Waals surface area contributed by atoms with E-state index >= 15 is 0 Å². The number of phenolic OH excluding ortho intramolecular Hbond substituents is 1. The van der Waals surface area contributed by atoms with Gasteiger partial charge in [0.05, 0.1) is 0 Å². The molecule has 1 aliphatic heterocycles. The minimum absolute atomic E-state index is 0.342. The van der Waals surface area contributed by atoms with Crippen molar-refractivity contribution in [2.75, 3.05) is 31.6 Å². The van der Waals surface area contributed by atoms with Gasteiger partial charge in [-0.15, -0.1) is 0 Å². The van der Waals surface area contributed by atoms with Gasteiger partial charge in [-0.25, -0.2) is 0 Å². The van der Waals surface area contributed by atoms with Crippen LogP contribution in [0.15, 0.2) is 24.3 Å². The van der Waals surface area contributed by atoms with Crippen molar-refractivity contribution in [3.63, 3.8) is 0 Å². The molecule has 0 atom stereocenters. The Hall–Kier alpha value is -1.22. The normalized spacial score (nSPS) is 17.3. The number of piperidine rings is 1. The van der Waals surface area contributed by atoms with Gasteiger partial charge in [0.2, 0.25) is 0 Å². The predicted molar refractivity (Wildman–Crippen MR) is 67.0 cm³/mol. The van der Waals surface area contributed by atoms with E-state index in [0.717, 1.165) is 31.2 Å². The van der Waals surface area contributed by atoms with Crippen LogP contribution in [0, 0.1) is 5.92 Å². The molecule has 88 valence electrons. The van der Waals surface area contributed by atoms with Crippen LogP contribution in [0.25, 0.3) is 0 Å². The van der Waals surface area contributed by atoms with Crippen molar-refractivity contribution in [3.05, 3.63) is 24.3 Å². The molecule has 0 saturated carbocycles. The van der Waals surface area contributed by atoms with E-state index in [0.29, 0.717) is 5.75 Å². The highest BCUT2D eigenvalue weighted by Gasteiger charge is 2.15. The zero-order chi connectivity index (χ0) is 11.4.